The van der Waals surface area contributed by atoms with Crippen LogP contribution in [-0.2, 0) is 4.79 Å². The van der Waals surface area contributed by atoms with E-state index in [2.05, 4.69) is 17.6 Å². The monoisotopic (exact) mass is 186 g/mol. The molecule has 1 amide bonds. The Kier molecular flexibility index (Phi) is 9.10. The van der Waals surface area contributed by atoms with Crippen LogP contribution in [0.2, 0.25) is 0 Å². The summed E-state index contributed by atoms with van der Waals surface area (Å²) in [6, 6.07) is 0. The van der Waals surface area contributed by atoms with Crippen LogP contribution in [0.3, 0.4) is 0 Å². The highest BCUT2D eigenvalue weighted by molar-refractivity contribution is 5.75. The molecule has 0 aromatic rings. The molecule has 0 heterocycles. The average Bonchev–Trinajstić information content (AvgIpc) is 2.11. The zero-order valence-corrected chi connectivity index (χ0v) is 8.86. The molecule has 0 aromatic heterocycles. The second kappa shape index (κ2) is 9.52. The van der Waals surface area contributed by atoms with Crippen LogP contribution in [0.5, 0.6) is 0 Å². The van der Waals surface area contributed by atoms with E-state index in [0.717, 1.165) is 38.9 Å². The van der Waals surface area contributed by atoms with Crippen LogP contribution in [0.4, 0.5) is 0 Å². The molecule has 0 aromatic carbocycles. The van der Waals surface area contributed by atoms with E-state index in [0.29, 0.717) is 6.42 Å². The quantitative estimate of drug-likeness (QED) is 0.561. The predicted octanol–water partition coefficient (Wildman–Crippen LogP) is 1.29. The van der Waals surface area contributed by atoms with E-state index in [4.69, 9.17) is 0 Å². The van der Waals surface area contributed by atoms with Gasteiger partial charge < -0.3 is 10.6 Å². The van der Waals surface area contributed by atoms with Crippen molar-refractivity contribution in [2.75, 3.05) is 19.6 Å². The largest absolute Gasteiger partial charge is 0.356 e. The molecule has 2 N–H and O–H groups in total. The Bertz CT molecular complexity index is 126. The highest BCUT2D eigenvalue weighted by Crippen LogP contribution is 1.88. The number of hydrogen-bond acceptors (Lipinski definition) is 2. The summed E-state index contributed by atoms with van der Waals surface area (Å²) in [6.45, 7) is 7.03. The first kappa shape index (κ1) is 12.4. The van der Waals surface area contributed by atoms with Crippen molar-refractivity contribution in [2.24, 2.45) is 0 Å². The fourth-order valence-electron chi connectivity index (χ4n) is 1.10. The van der Waals surface area contributed by atoms with E-state index >= 15 is 0 Å². The van der Waals surface area contributed by atoms with Crippen molar-refractivity contribution in [2.45, 2.75) is 39.5 Å². The van der Waals surface area contributed by atoms with Gasteiger partial charge in [-0.15, -0.1) is 0 Å². The van der Waals surface area contributed by atoms with E-state index in [-0.39, 0.29) is 5.91 Å². The molecule has 78 valence electrons. The molecule has 0 spiro atoms. The third-order valence-electron chi connectivity index (χ3n) is 1.83. The zero-order valence-electron chi connectivity index (χ0n) is 8.86. The van der Waals surface area contributed by atoms with Crippen molar-refractivity contribution < 1.29 is 4.79 Å². The minimum Gasteiger partial charge on any atom is -0.356 e. The predicted molar refractivity (Wildman–Crippen MR) is 55.7 cm³/mol. The molecule has 0 unspecified atom stereocenters. The number of unbranched alkanes of at least 4 members (excludes halogenated alkanes) is 1. The van der Waals surface area contributed by atoms with Gasteiger partial charge in [0.25, 0.3) is 0 Å². The molecule has 0 atom stereocenters. The summed E-state index contributed by atoms with van der Waals surface area (Å²) in [4.78, 5) is 11.0. The van der Waals surface area contributed by atoms with Gasteiger partial charge in [0.05, 0.1) is 0 Å². The lowest BCUT2D eigenvalue weighted by atomic mass is 10.3. The molecule has 13 heavy (non-hydrogen) atoms. The summed E-state index contributed by atoms with van der Waals surface area (Å²) < 4.78 is 0. The highest BCUT2D eigenvalue weighted by Gasteiger charge is 1.96. The Morgan fingerprint density at radius 1 is 1.15 bits per heavy atom. The van der Waals surface area contributed by atoms with E-state index < -0.39 is 0 Å². The van der Waals surface area contributed by atoms with Crippen LogP contribution in [0.25, 0.3) is 0 Å². The van der Waals surface area contributed by atoms with Gasteiger partial charge in [-0.2, -0.15) is 0 Å². The summed E-state index contributed by atoms with van der Waals surface area (Å²) in [5, 5.41) is 6.14. The molecule has 0 aliphatic heterocycles. The lowest BCUT2D eigenvalue weighted by Crippen LogP contribution is -2.24. The smallest absolute Gasteiger partial charge is 0.219 e. The molecule has 0 bridgehead atoms. The van der Waals surface area contributed by atoms with E-state index in [1.165, 1.54) is 0 Å². The Morgan fingerprint density at radius 3 is 2.46 bits per heavy atom. The normalized spacial score (nSPS) is 10.0. The van der Waals surface area contributed by atoms with E-state index in [1.54, 1.807) is 0 Å². The molecule has 0 rings (SSSR count). The van der Waals surface area contributed by atoms with Gasteiger partial charge in [-0.05, 0) is 32.4 Å². The zero-order chi connectivity index (χ0) is 9.94. The maximum absolute atomic E-state index is 11.0. The molecule has 0 saturated heterocycles. The minimum absolute atomic E-state index is 0.186. The molecular weight excluding hydrogens is 164 g/mol. The fourth-order valence-corrected chi connectivity index (χ4v) is 1.10. The molecule has 3 heteroatoms. The van der Waals surface area contributed by atoms with Gasteiger partial charge in [0.2, 0.25) is 5.91 Å². The second-order valence-corrected chi connectivity index (χ2v) is 3.16. The third-order valence-corrected chi connectivity index (χ3v) is 1.83. The van der Waals surface area contributed by atoms with E-state index in [1.807, 2.05) is 6.92 Å². The molecule has 0 aliphatic carbocycles. The minimum atomic E-state index is 0.186. The topological polar surface area (TPSA) is 41.1 Å². The van der Waals surface area contributed by atoms with Crippen LogP contribution < -0.4 is 10.6 Å². The van der Waals surface area contributed by atoms with Crippen LogP contribution in [-0.4, -0.2) is 25.5 Å². The number of carbonyl (C=O) groups is 1. The molecule has 0 aliphatic rings. The number of nitrogens with one attached hydrogen (secondary N) is 2. The first-order valence-corrected chi connectivity index (χ1v) is 5.28. The van der Waals surface area contributed by atoms with Gasteiger partial charge in [-0.3, -0.25) is 4.79 Å². The maximum atomic E-state index is 11.0. The summed E-state index contributed by atoms with van der Waals surface area (Å²) in [6.07, 6.45) is 3.80. The number of carbonyl (C=O) groups excluding carboxylic acids is 1. The van der Waals surface area contributed by atoms with Gasteiger partial charge in [0.15, 0.2) is 0 Å². The lowest BCUT2D eigenvalue weighted by Gasteiger charge is -2.04. The Balaban J connectivity index is 3.02. The average molecular weight is 186 g/mol. The van der Waals surface area contributed by atoms with Crippen molar-refractivity contribution in [1.82, 2.24) is 10.6 Å². The first-order valence-electron chi connectivity index (χ1n) is 5.28. The molecule has 0 fully saturated rings. The lowest BCUT2D eigenvalue weighted by molar-refractivity contribution is -0.121. The second-order valence-electron chi connectivity index (χ2n) is 3.16. The Hall–Kier alpha value is -0.570. The van der Waals surface area contributed by atoms with Crippen molar-refractivity contribution in [1.29, 1.82) is 0 Å². The van der Waals surface area contributed by atoms with Gasteiger partial charge in [-0.25, -0.2) is 0 Å². The van der Waals surface area contributed by atoms with Crippen LogP contribution >= 0.6 is 0 Å². The summed E-state index contributed by atoms with van der Waals surface area (Å²) in [7, 11) is 0. The Labute approximate surface area is 81.3 Å². The van der Waals surface area contributed by atoms with Gasteiger partial charge in [0, 0.05) is 13.0 Å². The first-order chi connectivity index (χ1) is 6.31. The molecular formula is C10H22N2O. The van der Waals surface area contributed by atoms with Crippen molar-refractivity contribution in [3.8, 4) is 0 Å². The maximum Gasteiger partial charge on any atom is 0.219 e. The van der Waals surface area contributed by atoms with Crippen molar-refractivity contribution in [3.63, 3.8) is 0 Å². The van der Waals surface area contributed by atoms with Crippen LogP contribution in [0, 0.1) is 0 Å². The van der Waals surface area contributed by atoms with E-state index in [9.17, 15) is 4.79 Å². The van der Waals surface area contributed by atoms with Gasteiger partial charge in [0.1, 0.15) is 0 Å². The molecule has 3 nitrogen and oxygen atoms in total. The van der Waals surface area contributed by atoms with Crippen molar-refractivity contribution in [3.05, 3.63) is 0 Å². The molecule has 0 saturated carbocycles. The standard InChI is InChI=1S/C10H22N2O/c1-3-7-10(13)12-9-6-5-8-11-4-2/h11H,3-9H2,1-2H3,(H,12,13). The summed E-state index contributed by atoms with van der Waals surface area (Å²) in [5.74, 6) is 0.186. The number of rotatable bonds is 8. The number of hydrogen-bond donors (Lipinski definition) is 2. The van der Waals surface area contributed by atoms with Gasteiger partial charge in [-0.1, -0.05) is 13.8 Å². The Morgan fingerprint density at radius 2 is 1.85 bits per heavy atom. The third kappa shape index (κ3) is 9.34. The van der Waals surface area contributed by atoms with Crippen LogP contribution in [0.1, 0.15) is 39.5 Å². The summed E-state index contributed by atoms with van der Waals surface area (Å²) in [5.41, 5.74) is 0. The van der Waals surface area contributed by atoms with Crippen molar-refractivity contribution >= 4 is 5.91 Å². The SMILES string of the molecule is CCCC(=O)NCCCCNCC. The fraction of sp³-hybridized carbons (Fsp3) is 0.900. The molecule has 0 radical (unpaired) electrons. The van der Waals surface area contributed by atoms with Crippen LogP contribution in [0.15, 0.2) is 0 Å². The highest BCUT2D eigenvalue weighted by atomic mass is 16.1. The number of amides is 1. The summed E-state index contributed by atoms with van der Waals surface area (Å²) >= 11 is 0. The van der Waals surface area contributed by atoms with Gasteiger partial charge >= 0.3 is 0 Å².